The van der Waals surface area contributed by atoms with Gasteiger partial charge in [-0.1, -0.05) is 12.1 Å². The summed E-state index contributed by atoms with van der Waals surface area (Å²) in [7, 11) is 0. The van der Waals surface area contributed by atoms with E-state index in [0.717, 1.165) is 24.4 Å². The molecule has 0 fully saturated rings. The number of aromatic nitrogens is 2. The van der Waals surface area contributed by atoms with E-state index in [0.29, 0.717) is 6.54 Å². The van der Waals surface area contributed by atoms with Crippen LogP contribution in [0.3, 0.4) is 0 Å². The molecule has 2 rings (SSSR count). The number of rotatable bonds is 8. The highest BCUT2D eigenvalue weighted by Crippen LogP contribution is 2.11. The minimum atomic E-state index is -0.781. The molecule has 5 nitrogen and oxygen atoms in total. The molecule has 1 unspecified atom stereocenters. The molecule has 0 saturated heterocycles. The van der Waals surface area contributed by atoms with E-state index in [-0.39, 0.29) is 12.5 Å². The van der Waals surface area contributed by atoms with Gasteiger partial charge in [0, 0.05) is 43.6 Å². The second kappa shape index (κ2) is 8.24. The van der Waals surface area contributed by atoms with Crippen molar-refractivity contribution in [2.45, 2.75) is 32.4 Å². The lowest BCUT2D eigenvalue weighted by Crippen LogP contribution is -2.36. The van der Waals surface area contributed by atoms with Crippen molar-refractivity contribution in [2.75, 3.05) is 6.54 Å². The summed E-state index contributed by atoms with van der Waals surface area (Å²) in [6.45, 7) is 3.33. The van der Waals surface area contributed by atoms with Crippen molar-refractivity contribution in [2.24, 2.45) is 0 Å². The maximum atomic E-state index is 11.0. The van der Waals surface area contributed by atoms with Crippen molar-refractivity contribution >= 4 is 5.97 Å². The highest BCUT2D eigenvalue weighted by molar-refractivity contribution is 5.67. The summed E-state index contributed by atoms with van der Waals surface area (Å²) in [5.41, 5.74) is 1.96. The van der Waals surface area contributed by atoms with Crippen LogP contribution in [0.25, 0.3) is 0 Å². The van der Waals surface area contributed by atoms with Gasteiger partial charge in [0.05, 0.1) is 12.1 Å². The fourth-order valence-electron chi connectivity index (χ4n) is 2.34. The van der Waals surface area contributed by atoms with Crippen LogP contribution in [0, 0.1) is 0 Å². The summed E-state index contributed by atoms with van der Waals surface area (Å²) >= 11 is 0. The molecule has 0 bridgehead atoms. The lowest BCUT2D eigenvalue weighted by atomic mass is 10.1. The molecule has 0 spiro atoms. The van der Waals surface area contributed by atoms with Crippen LogP contribution in [-0.4, -0.2) is 38.5 Å². The Morgan fingerprint density at radius 1 is 1.14 bits per heavy atom. The van der Waals surface area contributed by atoms with Gasteiger partial charge in [-0.25, -0.2) is 0 Å². The minimum absolute atomic E-state index is 0.0526. The van der Waals surface area contributed by atoms with Crippen molar-refractivity contribution in [1.82, 2.24) is 14.9 Å². The van der Waals surface area contributed by atoms with Gasteiger partial charge in [-0.3, -0.25) is 19.7 Å². The number of aliphatic carboxylic acids is 1. The van der Waals surface area contributed by atoms with Crippen molar-refractivity contribution in [1.29, 1.82) is 0 Å². The third kappa shape index (κ3) is 5.26. The topological polar surface area (TPSA) is 66.3 Å². The van der Waals surface area contributed by atoms with E-state index in [1.165, 1.54) is 0 Å². The van der Waals surface area contributed by atoms with E-state index in [9.17, 15) is 4.79 Å². The van der Waals surface area contributed by atoms with E-state index in [4.69, 9.17) is 5.11 Å². The minimum Gasteiger partial charge on any atom is -0.481 e. The van der Waals surface area contributed by atoms with E-state index < -0.39 is 5.97 Å². The van der Waals surface area contributed by atoms with Gasteiger partial charge < -0.3 is 5.11 Å². The molecule has 0 radical (unpaired) electrons. The van der Waals surface area contributed by atoms with Gasteiger partial charge in [0.15, 0.2) is 0 Å². The van der Waals surface area contributed by atoms with Crippen molar-refractivity contribution < 1.29 is 9.90 Å². The summed E-state index contributed by atoms with van der Waals surface area (Å²) in [6, 6.07) is 11.6. The molecule has 2 aromatic heterocycles. The van der Waals surface area contributed by atoms with Crippen LogP contribution in [0.1, 0.15) is 24.7 Å². The molecular weight excluding hydrogens is 278 g/mol. The van der Waals surface area contributed by atoms with E-state index in [1.807, 2.05) is 43.3 Å². The number of pyridine rings is 2. The van der Waals surface area contributed by atoms with E-state index >= 15 is 0 Å². The first kappa shape index (κ1) is 16.1. The summed E-state index contributed by atoms with van der Waals surface area (Å²) < 4.78 is 0. The molecular formula is C17H21N3O2. The Hall–Kier alpha value is -2.27. The molecule has 5 heteroatoms. The Labute approximate surface area is 130 Å². The zero-order valence-corrected chi connectivity index (χ0v) is 12.7. The highest BCUT2D eigenvalue weighted by atomic mass is 16.4. The Morgan fingerprint density at radius 3 is 2.32 bits per heavy atom. The van der Waals surface area contributed by atoms with Gasteiger partial charge >= 0.3 is 5.97 Å². The van der Waals surface area contributed by atoms with Gasteiger partial charge in [-0.2, -0.15) is 0 Å². The Balaban J connectivity index is 2.02. The molecule has 0 saturated carbocycles. The third-order valence-electron chi connectivity index (χ3n) is 3.57. The molecule has 0 amide bonds. The zero-order chi connectivity index (χ0) is 15.8. The fourth-order valence-corrected chi connectivity index (χ4v) is 2.34. The Morgan fingerprint density at radius 2 is 1.77 bits per heavy atom. The predicted octanol–water partition coefficient (Wildman–Crippen LogP) is 2.38. The van der Waals surface area contributed by atoms with Crippen LogP contribution >= 0.6 is 0 Å². The highest BCUT2D eigenvalue weighted by Gasteiger charge is 2.17. The van der Waals surface area contributed by atoms with Gasteiger partial charge in [0.1, 0.15) is 0 Å². The summed E-state index contributed by atoms with van der Waals surface area (Å²) in [4.78, 5) is 21.8. The first-order valence-electron chi connectivity index (χ1n) is 7.41. The Bertz CT molecular complexity index is 575. The maximum Gasteiger partial charge on any atom is 0.304 e. The van der Waals surface area contributed by atoms with Gasteiger partial charge in [-0.05, 0) is 31.2 Å². The van der Waals surface area contributed by atoms with Gasteiger partial charge in [0.2, 0.25) is 0 Å². The molecule has 116 valence electrons. The lowest BCUT2D eigenvalue weighted by Gasteiger charge is -2.27. The quantitative estimate of drug-likeness (QED) is 0.810. The Kier molecular flexibility index (Phi) is 6.03. The number of hydrogen-bond acceptors (Lipinski definition) is 4. The molecule has 0 aliphatic heterocycles. The van der Waals surface area contributed by atoms with Crippen molar-refractivity contribution in [3.8, 4) is 0 Å². The molecule has 1 N–H and O–H groups in total. The fraction of sp³-hybridized carbons (Fsp3) is 0.353. The van der Waals surface area contributed by atoms with Crippen LogP contribution < -0.4 is 0 Å². The largest absolute Gasteiger partial charge is 0.481 e. The van der Waals surface area contributed by atoms with Crippen LogP contribution in [0.4, 0.5) is 0 Å². The maximum absolute atomic E-state index is 11.0. The third-order valence-corrected chi connectivity index (χ3v) is 3.57. The molecule has 0 aliphatic carbocycles. The average molecular weight is 299 g/mol. The van der Waals surface area contributed by atoms with Gasteiger partial charge in [-0.15, -0.1) is 0 Å². The van der Waals surface area contributed by atoms with Crippen LogP contribution in [-0.2, 0) is 17.8 Å². The predicted molar refractivity (Wildman–Crippen MR) is 84.3 cm³/mol. The van der Waals surface area contributed by atoms with Crippen molar-refractivity contribution in [3.63, 3.8) is 0 Å². The first-order valence-corrected chi connectivity index (χ1v) is 7.41. The average Bonchev–Trinajstić information content (AvgIpc) is 2.52. The number of nitrogens with zero attached hydrogens (tertiary/aromatic N) is 3. The molecule has 2 aromatic rings. The number of carboxylic acid groups (broad SMARTS) is 1. The normalized spacial score (nSPS) is 12.3. The molecule has 0 aliphatic rings. The summed E-state index contributed by atoms with van der Waals surface area (Å²) in [6.07, 6.45) is 4.44. The summed E-state index contributed by atoms with van der Waals surface area (Å²) in [5, 5.41) is 9.03. The number of carboxylic acids is 1. The lowest BCUT2D eigenvalue weighted by molar-refractivity contribution is -0.138. The standard InChI is InChI=1S/C17H21N3O2/c1-14(12-17(21)22)20(13-16-7-3-5-10-19-16)11-8-15-6-2-4-9-18-15/h2-7,9-10,14H,8,11-13H2,1H3,(H,21,22). The van der Waals surface area contributed by atoms with Crippen LogP contribution in [0.2, 0.25) is 0 Å². The van der Waals surface area contributed by atoms with E-state index in [1.54, 1.807) is 12.4 Å². The van der Waals surface area contributed by atoms with Crippen molar-refractivity contribution in [3.05, 3.63) is 60.2 Å². The molecule has 1 atom stereocenters. The summed E-state index contributed by atoms with van der Waals surface area (Å²) in [5.74, 6) is -0.781. The van der Waals surface area contributed by atoms with E-state index in [2.05, 4.69) is 14.9 Å². The van der Waals surface area contributed by atoms with Crippen LogP contribution in [0.15, 0.2) is 48.8 Å². The van der Waals surface area contributed by atoms with Gasteiger partial charge in [0.25, 0.3) is 0 Å². The molecule has 2 heterocycles. The second-order valence-corrected chi connectivity index (χ2v) is 5.31. The molecule has 0 aromatic carbocycles. The monoisotopic (exact) mass is 299 g/mol. The zero-order valence-electron chi connectivity index (χ0n) is 12.7. The number of hydrogen-bond donors (Lipinski definition) is 1. The smallest absolute Gasteiger partial charge is 0.304 e. The SMILES string of the molecule is CC(CC(=O)O)N(CCc1ccccn1)Cc1ccccn1. The molecule has 22 heavy (non-hydrogen) atoms. The first-order chi connectivity index (χ1) is 10.6. The second-order valence-electron chi connectivity index (χ2n) is 5.31. The number of carbonyl (C=O) groups is 1. The van der Waals surface area contributed by atoms with Crippen LogP contribution in [0.5, 0.6) is 0 Å².